The quantitative estimate of drug-likeness (QED) is 0.825. The summed E-state index contributed by atoms with van der Waals surface area (Å²) in [4.78, 5) is 13.7. The fourth-order valence-corrected chi connectivity index (χ4v) is 3.71. The van der Waals surface area contributed by atoms with Gasteiger partial charge in [0.1, 0.15) is 0 Å². The molecule has 2 rings (SSSR count). The second kappa shape index (κ2) is 7.16. The fourth-order valence-electron chi connectivity index (χ4n) is 2.42. The third kappa shape index (κ3) is 3.50. The Morgan fingerprint density at radius 1 is 1.17 bits per heavy atom. The highest BCUT2D eigenvalue weighted by Gasteiger charge is 2.38. The molecule has 1 fully saturated rings. The number of likely N-dealkylation sites (tertiary alicyclic amines) is 1. The van der Waals surface area contributed by atoms with Crippen LogP contribution < -0.4 is 19.5 Å². The van der Waals surface area contributed by atoms with Crippen molar-refractivity contribution in [3.63, 3.8) is 0 Å². The minimum absolute atomic E-state index is 0.0833. The normalized spacial score (nSPS) is 14.8. The molecule has 1 aliphatic heterocycles. The Morgan fingerprint density at radius 3 is 2.12 bits per heavy atom. The summed E-state index contributed by atoms with van der Waals surface area (Å²) in [5.41, 5.74) is 0.469. The van der Waals surface area contributed by atoms with Gasteiger partial charge in [-0.3, -0.25) is 0 Å². The van der Waals surface area contributed by atoms with Crippen molar-refractivity contribution in [3.8, 4) is 17.2 Å². The van der Waals surface area contributed by atoms with Crippen molar-refractivity contribution >= 4 is 21.6 Å². The summed E-state index contributed by atoms with van der Waals surface area (Å²) in [6.45, 7) is 2.01. The first-order valence-corrected chi connectivity index (χ1v) is 9.15. The number of nitrogens with zero attached hydrogens (tertiary/aromatic N) is 1. The van der Waals surface area contributed by atoms with E-state index in [0.29, 0.717) is 22.9 Å². The first kappa shape index (κ1) is 18.2. The molecule has 0 atom stereocenters. The van der Waals surface area contributed by atoms with E-state index in [0.717, 1.165) is 0 Å². The van der Waals surface area contributed by atoms with Crippen molar-refractivity contribution in [1.82, 2.24) is 4.90 Å². The first-order valence-electron chi connectivity index (χ1n) is 7.43. The summed E-state index contributed by atoms with van der Waals surface area (Å²) in [6, 6.07) is 2.85. The summed E-state index contributed by atoms with van der Waals surface area (Å²) in [5.74, 6) is 1.35. The van der Waals surface area contributed by atoms with E-state index in [9.17, 15) is 13.2 Å². The minimum Gasteiger partial charge on any atom is -0.493 e. The number of hydrogen-bond donors (Lipinski definition) is 1. The van der Waals surface area contributed by atoms with Gasteiger partial charge in [0, 0.05) is 31.0 Å². The Hall–Kier alpha value is -2.16. The lowest BCUT2D eigenvalue weighted by molar-refractivity contribution is 0.182. The number of urea groups is 1. The van der Waals surface area contributed by atoms with Crippen molar-refractivity contribution in [2.75, 3.05) is 45.5 Å². The van der Waals surface area contributed by atoms with Crippen LogP contribution in [0.2, 0.25) is 0 Å². The maximum atomic E-state index is 12.2. The highest BCUT2D eigenvalue weighted by molar-refractivity contribution is 7.92. The van der Waals surface area contributed by atoms with Crippen molar-refractivity contribution in [1.29, 1.82) is 0 Å². The number of carbonyl (C=O) groups excluding carboxylic acids is 1. The number of carbonyl (C=O) groups is 1. The van der Waals surface area contributed by atoms with Crippen molar-refractivity contribution in [2.45, 2.75) is 12.2 Å². The van der Waals surface area contributed by atoms with E-state index in [1.807, 2.05) is 0 Å². The van der Waals surface area contributed by atoms with Crippen LogP contribution in [0.1, 0.15) is 6.92 Å². The largest absolute Gasteiger partial charge is 0.493 e. The molecule has 134 valence electrons. The number of anilines is 1. The standard InChI is InChI=1S/C15H22N2O6S/c1-5-24(19,20)11-8-17(9-11)15(18)16-10-6-12(21-2)14(23-4)13(7-10)22-3/h6-7,11H,5,8-9H2,1-4H3,(H,16,18). The van der Waals surface area contributed by atoms with E-state index in [1.54, 1.807) is 19.1 Å². The molecular weight excluding hydrogens is 336 g/mol. The molecule has 8 nitrogen and oxygen atoms in total. The van der Waals surface area contributed by atoms with E-state index >= 15 is 0 Å². The molecule has 1 N–H and O–H groups in total. The second-order valence-corrected chi connectivity index (χ2v) is 7.89. The van der Waals surface area contributed by atoms with E-state index in [-0.39, 0.29) is 24.9 Å². The molecule has 9 heteroatoms. The van der Waals surface area contributed by atoms with Crippen molar-refractivity contribution in [2.24, 2.45) is 0 Å². The molecule has 0 saturated carbocycles. The van der Waals surface area contributed by atoms with Gasteiger partial charge in [0.25, 0.3) is 0 Å². The minimum atomic E-state index is -3.11. The third-order valence-electron chi connectivity index (χ3n) is 3.96. The zero-order chi connectivity index (χ0) is 17.9. The molecule has 1 saturated heterocycles. The topological polar surface area (TPSA) is 94.2 Å². The van der Waals surface area contributed by atoms with E-state index in [2.05, 4.69) is 5.32 Å². The molecule has 0 radical (unpaired) electrons. The summed E-state index contributed by atoms with van der Waals surface area (Å²) in [7, 11) is 1.35. The fraction of sp³-hybridized carbons (Fsp3) is 0.533. The molecule has 1 aromatic rings. The van der Waals surface area contributed by atoms with E-state index in [4.69, 9.17) is 14.2 Å². The average Bonchev–Trinajstić information content (AvgIpc) is 2.51. The molecule has 2 amide bonds. The maximum Gasteiger partial charge on any atom is 0.321 e. The molecule has 1 aliphatic rings. The molecule has 1 aromatic carbocycles. The van der Waals surface area contributed by atoms with Crippen LogP contribution in [0.25, 0.3) is 0 Å². The van der Waals surface area contributed by atoms with E-state index < -0.39 is 15.1 Å². The molecule has 24 heavy (non-hydrogen) atoms. The van der Waals surface area contributed by atoms with Crippen molar-refractivity contribution < 1.29 is 27.4 Å². The highest BCUT2D eigenvalue weighted by Crippen LogP contribution is 2.40. The van der Waals surface area contributed by atoms with Gasteiger partial charge in [-0.2, -0.15) is 0 Å². The number of benzene rings is 1. The first-order chi connectivity index (χ1) is 11.4. The Labute approximate surface area is 141 Å². The van der Waals surface area contributed by atoms with Gasteiger partial charge in [-0.05, 0) is 0 Å². The number of nitrogens with one attached hydrogen (secondary N) is 1. The van der Waals surface area contributed by atoms with Crippen LogP contribution in [0.5, 0.6) is 17.2 Å². The van der Waals surface area contributed by atoms with Gasteiger partial charge in [-0.25, -0.2) is 13.2 Å². The van der Waals surface area contributed by atoms with Gasteiger partial charge in [-0.1, -0.05) is 6.92 Å². The molecule has 0 aliphatic carbocycles. The van der Waals surface area contributed by atoms with Crippen LogP contribution in [-0.4, -0.2) is 64.8 Å². The van der Waals surface area contributed by atoms with Crippen LogP contribution >= 0.6 is 0 Å². The number of rotatable bonds is 6. The maximum absolute atomic E-state index is 12.2. The SMILES string of the molecule is CCS(=O)(=O)C1CN(C(=O)Nc2cc(OC)c(OC)c(OC)c2)C1. The molecule has 0 bridgehead atoms. The van der Waals surface area contributed by atoms with Crippen LogP contribution in [0.4, 0.5) is 10.5 Å². The smallest absolute Gasteiger partial charge is 0.321 e. The summed E-state index contributed by atoms with van der Waals surface area (Å²) in [5, 5.41) is 2.23. The Kier molecular flexibility index (Phi) is 5.43. The van der Waals surface area contributed by atoms with Gasteiger partial charge in [0.05, 0.1) is 32.3 Å². The van der Waals surface area contributed by atoms with Gasteiger partial charge in [0.2, 0.25) is 5.75 Å². The van der Waals surface area contributed by atoms with Crippen molar-refractivity contribution in [3.05, 3.63) is 12.1 Å². The Bertz CT molecular complexity index is 688. The highest BCUT2D eigenvalue weighted by atomic mass is 32.2. The lowest BCUT2D eigenvalue weighted by Gasteiger charge is -2.38. The zero-order valence-electron chi connectivity index (χ0n) is 14.2. The van der Waals surface area contributed by atoms with Crippen LogP contribution in [0.3, 0.4) is 0 Å². The molecular formula is C15H22N2O6S. The third-order valence-corrected chi connectivity index (χ3v) is 6.08. The zero-order valence-corrected chi connectivity index (χ0v) is 15.0. The number of hydrogen-bond acceptors (Lipinski definition) is 6. The number of amides is 2. The summed E-state index contributed by atoms with van der Waals surface area (Å²) < 4.78 is 39.2. The van der Waals surface area contributed by atoms with Gasteiger partial charge in [0.15, 0.2) is 21.3 Å². The number of methoxy groups -OCH3 is 3. The van der Waals surface area contributed by atoms with Crippen LogP contribution in [0, 0.1) is 0 Å². The molecule has 0 spiro atoms. The van der Waals surface area contributed by atoms with Gasteiger partial charge in [-0.15, -0.1) is 0 Å². The molecule has 0 aromatic heterocycles. The van der Waals surface area contributed by atoms with Crippen LogP contribution in [-0.2, 0) is 9.84 Å². The molecule has 1 heterocycles. The summed E-state index contributed by atoms with van der Waals surface area (Å²) in [6.07, 6.45) is 0. The average molecular weight is 358 g/mol. The second-order valence-electron chi connectivity index (χ2n) is 5.32. The Balaban J connectivity index is 2.08. The monoisotopic (exact) mass is 358 g/mol. The predicted molar refractivity (Wildman–Crippen MR) is 89.9 cm³/mol. The van der Waals surface area contributed by atoms with E-state index in [1.165, 1.54) is 26.2 Å². The predicted octanol–water partition coefficient (Wildman–Crippen LogP) is 1.36. The molecule has 0 unspecified atom stereocenters. The lowest BCUT2D eigenvalue weighted by Crippen LogP contribution is -2.58. The van der Waals surface area contributed by atoms with Crippen LogP contribution in [0.15, 0.2) is 12.1 Å². The lowest BCUT2D eigenvalue weighted by atomic mass is 10.2. The Morgan fingerprint density at radius 2 is 1.71 bits per heavy atom. The number of sulfone groups is 1. The van der Waals surface area contributed by atoms with Gasteiger partial charge >= 0.3 is 6.03 Å². The summed E-state index contributed by atoms with van der Waals surface area (Å²) >= 11 is 0. The van der Waals surface area contributed by atoms with Gasteiger partial charge < -0.3 is 24.4 Å². The number of ether oxygens (including phenoxy) is 3.